The van der Waals surface area contributed by atoms with Gasteiger partial charge in [-0.1, -0.05) is 32.0 Å². The van der Waals surface area contributed by atoms with Gasteiger partial charge < -0.3 is 15.5 Å². The van der Waals surface area contributed by atoms with Crippen LogP contribution in [-0.2, 0) is 0 Å². The minimum absolute atomic E-state index is 0.180. The maximum Gasteiger partial charge on any atom is 0.0864 e. The molecule has 0 aliphatic rings. The predicted molar refractivity (Wildman–Crippen MR) is 81.6 cm³/mol. The molecule has 0 spiro atoms. The lowest BCUT2D eigenvalue weighted by Gasteiger charge is -2.20. The van der Waals surface area contributed by atoms with Crippen molar-refractivity contribution in [2.75, 3.05) is 18.9 Å². The molecule has 0 saturated heterocycles. The van der Waals surface area contributed by atoms with Gasteiger partial charge in [0, 0.05) is 16.7 Å². The zero-order valence-corrected chi connectivity index (χ0v) is 12.6. The van der Waals surface area contributed by atoms with Crippen molar-refractivity contribution in [2.45, 2.75) is 43.7 Å². The van der Waals surface area contributed by atoms with Crippen LogP contribution in [0.1, 0.15) is 38.3 Å². The number of rotatable bonds is 9. The maximum absolute atomic E-state index is 9.46. The minimum Gasteiger partial charge on any atom is -0.394 e. The minimum atomic E-state index is -0.651. The number of aliphatic hydroxyl groups excluding tert-OH is 2. The molecule has 0 fully saturated rings. The molecule has 0 radical (unpaired) electrons. The number of thioether (sulfide) groups is 1. The highest BCUT2D eigenvalue weighted by Crippen LogP contribution is 2.29. The summed E-state index contributed by atoms with van der Waals surface area (Å²) < 4.78 is 0. The highest BCUT2D eigenvalue weighted by Gasteiger charge is 2.13. The molecule has 0 heterocycles. The molecular formula is C15H25NO2S. The molecule has 1 aromatic carbocycles. The third-order valence-corrected chi connectivity index (χ3v) is 4.22. The summed E-state index contributed by atoms with van der Waals surface area (Å²) in [4.78, 5) is 1.19. The predicted octanol–water partition coefficient (Wildman–Crippen LogP) is 2.58. The normalized spacial score (nSPS) is 14.3. The Bertz CT molecular complexity index is 360. The van der Waals surface area contributed by atoms with E-state index in [-0.39, 0.29) is 6.61 Å². The first kappa shape index (κ1) is 16.5. The number of benzene rings is 1. The van der Waals surface area contributed by atoms with Gasteiger partial charge in [0.05, 0.1) is 12.7 Å². The lowest BCUT2D eigenvalue weighted by atomic mass is 10.0. The van der Waals surface area contributed by atoms with Crippen molar-refractivity contribution < 1.29 is 10.2 Å². The molecule has 108 valence electrons. The zero-order valence-electron chi connectivity index (χ0n) is 11.8. The molecule has 4 heteroatoms. The quantitative estimate of drug-likeness (QED) is 0.610. The van der Waals surface area contributed by atoms with Gasteiger partial charge in [0.2, 0.25) is 0 Å². The van der Waals surface area contributed by atoms with Crippen LogP contribution in [0.4, 0.5) is 0 Å². The van der Waals surface area contributed by atoms with E-state index >= 15 is 0 Å². The van der Waals surface area contributed by atoms with Gasteiger partial charge in [-0.25, -0.2) is 0 Å². The molecule has 0 saturated carbocycles. The molecular weight excluding hydrogens is 258 g/mol. The highest BCUT2D eigenvalue weighted by atomic mass is 32.2. The SMILES string of the molecule is CCCNC(CC)c1ccccc1SCC(O)CO. The van der Waals surface area contributed by atoms with E-state index in [0.29, 0.717) is 11.8 Å². The first-order chi connectivity index (χ1) is 9.22. The second kappa shape index (κ2) is 9.37. The van der Waals surface area contributed by atoms with Crippen molar-refractivity contribution >= 4 is 11.8 Å². The molecule has 0 aromatic heterocycles. The van der Waals surface area contributed by atoms with E-state index in [1.807, 2.05) is 6.07 Å². The van der Waals surface area contributed by atoms with Crippen LogP contribution < -0.4 is 5.32 Å². The van der Waals surface area contributed by atoms with E-state index < -0.39 is 6.10 Å². The van der Waals surface area contributed by atoms with E-state index in [4.69, 9.17) is 5.11 Å². The average Bonchev–Trinajstić information content (AvgIpc) is 2.46. The van der Waals surface area contributed by atoms with E-state index in [9.17, 15) is 5.11 Å². The fraction of sp³-hybridized carbons (Fsp3) is 0.600. The molecule has 3 N–H and O–H groups in total. The molecule has 19 heavy (non-hydrogen) atoms. The Labute approximate surface area is 120 Å². The standard InChI is InChI=1S/C15H25NO2S/c1-3-9-16-14(4-2)13-7-5-6-8-15(13)19-11-12(18)10-17/h5-8,12,14,16-18H,3-4,9-11H2,1-2H3. The summed E-state index contributed by atoms with van der Waals surface area (Å²) >= 11 is 1.61. The second-order valence-corrected chi connectivity index (χ2v) is 5.66. The van der Waals surface area contributed by atoms with E-state index in [2.05, 4.69) is 37.4 Å². The van der Waals surface area contributed by atoms with E-state index in [1.165, 1.54) is 10.5 Å². The molecule has 0 amide bonds. The van der Waals surface area contributed by atoms with Gasteiger partial charge in [0.15, 0.2) is 0 Å². The van der Waals surface area contributed by atoms with Gasteiger partial charge in [0.1, 0.15) is 0 Å². The van der Waals surface area contributed by atoms with Crippen molar-refractivity contribution in [1.29, 1.82) is 0 Å². The summed E-state index contributed by atoms with van der Waals surface area (Å²) in [6.45, 7) is 5.17. The molecule has 2 atom stereocenters. The summed E-state index contributed by atoms with van der Waals surface area (Å²) in [7, 11) is 0. The van der Waals surface area contributed by atoms with Gasteiger partial charge in [-0.05, 0) is 31.0 Å². The monoisotopic (exact) mass is 283 g/mol. The van der Waals surface area contributed by atoms with Crippen LogP contribution in [0.3, 0.4) is 0 Å². The van der Waals surface area contributed by atoms with Gasteiger partial charge >= 0.3 is 0 Å². The number of hydrogen-bond acceptors (Lipinski definition) is 4. The first-order valence-corrected chi connectivity index (χ1v) is 7.95. The van der Waals surface area contributed by atoms with Gasteiger partial charge in [0.25, 0.3) is 0 Å². The smallest absolute Gasteiger partial charge is 0.0864 e. The number of nitrogens with one attached hydrogen (secondary N) is 1. The largest absolute Gasteiger partial charge is 0.394 e. The summed E-state index contributed by atoms with van der Waals surface area (Å²) in [5.41, 5.74) is 1.29. The topological polar surface area (TPSA) is 52.5 Å². The van der Waals surface area contributed by atoms with E-state index in [1.54, 1.807) is 11.8 Å². The van der Waals surface area contributed by atoms with Crippen LogP contribution >= 0.6 is 11.8 Å². The van der Waals surface area contributed by atoms with Crippen LogP contribution in [0, 0.1) is 0 Å². The zero-order chi connectivity index (χ0) is 14.1. The average molecular weight is 283 g/mol. The van der Waals surface area contributed by atoms with Crippen molar-refractivity contribution in [3.05, 3.63) is 29.8 Å². The number of hydrogen-bond donors (Lipinski definition) is 3. The van der Waals surface area contributed by atoms with Crippen molar-refractivity contribution in [3.63, 3.8) is 0 Å². The fourth-order valence-corrected chi connectivity index (χ4v) is 2.96. The van der Waals surface area contributed by atoms with Crippen LogP contribution in [0.25, 0.3) is 0 Å². The van der Waals surface area contributed by atoms with Crippen LogP contribution in [0.15, 0.2) is 29.2 Å². The van der Waals surface area contributed by atoms with Crippen LogP contribution in [0.5, 0.6) is 0 Å². The van der Waals surface area contributed by atoms with Gasteiger partial charge in [-0.15, -0.1) is 11.8 Å². The Morgan fingerprint density at radius 3 is 2.63 bits per heavy atom. The fourth-order valence-electron chi connectivity index (χ4n) is 1.93. The Hall–Kier alpha value is -0.550. The molecule has 0 aliphatic carbocycles. The second-order valence-electron chi connectivity index (χ2n) is 4.60. The Morgan fingerprint density at radius 1 is 1.26 bits per heavy atom. The first-order valence-electron chi connectivity index (χ1n) is 6.96. The molecule has 0 bridgehead atoms. The lowest BCUT2D eigenvalue weighted by Crippen LogP contribution is -2.22. The Kier molecular flexibility index (Phi) is 8.14. The molecule has 0 aliphatic heterocycles. The molecule has 1 aromatic rings. The summed E-state index contributed by atoms with van der Waals surface area (Å²) in [6, 6.07) is 8.65. The summed E-state index contributed by atoms with van der Waals surface area (Å²) in [5.74, 6) is 0.526. The van der Waals surface area contributed by atoms with Gasteiger partial charge in [-0.2, -0.15) is 0 Å². The third kappa shape index (κ3) is 5.53. The van der Waals surface area contributed by atoms with Crippen molar-refractivity contribution in [1.82, 2.24) is 5.32 Å². The highest BCUT2D eigenvalue weighted by molar-refractivity contribution is 7.99. The lowest BCUT2D eigenvalue weighted by molar-refractivity contribution is 0.113. The molecule has 3 nitrogen and oxygen atoms in total. The Balaban J connectivity index is 2.75. The summed E-state index contributed by atoms with van der Waals surface area (Å²) in [5, 5.41) is 21.9. The van der Waals surface area contributed by atoms with Crippen molar-refractivity contribution in [3.8, 4) is 0 Å². The molecule has 1 rings (SSSR count). The molecule has 2 unspecified atom stereocenters. The number of aliphatic hydroxyl groups is 2. The van der Waals surface area contributed by atoms with Crippen LogP contribution in [0.2, 0.25) is 0 Å². The van der Waals surface area contributed by atoms with Crippen molar-refractivity contribution in [2.24, 2.45) is 0 Å². The Morgan fingerprint density at radius 2 is 2.00 bits per heavy atom. The summed E-state index contributed by atoms with van der Waals surface area (Å²) in [6.07, 6.45) is 1.51. The third-order valence-electron chi connectivity index (χ3n) is 2.99. The van der Waals surface area contributed by atoms with Crippen LogP contribution in [-0.4, -0.2) is 35.2 Å². The van der Waals surface area contributed by atoms with Gasteiger partial charge in [-0.3, -0.25) is 0 Å². The maximum atomic E-state index is 9.46. The van der Waals surface area contributed by atoms with E-state index in [0.717, 1.165) is 19.4 Å².